The van der Waals surface area contributed by atoms with Gasteiger partial charge in [-0.1, -0.05) is 49.7 Å². The Hall–Kier alpha value is -2.40. The van der Waals surface area contributed by atoms with E-state index in [0.29, 0.717) is 11.1 Å². The van der Waals surface area contributed by atoms with Crippen LogP contribution in [0.3, 0.4) is 0 Å². The van der Waals surface area contributed by atoms with E-state index in [9.17, 15) is 9.59 Å². The van der Waals surface area contributed by atoms with Crippen molar-refractivity contribution in [3.8, 4) is 0 Å². The fourth-order valence-electron chi connectivity index (χ4n) is 3.02. The van der Waals surface area contributed by atoms with Crippen LogP contribution in [0, 0.1) is 0 Å². The molecule has 0 unspecified atom stereocenters. The molecular weight excluding hydrogens is 328 g/mol. The minimum absolute atomic E-state index is 0.0315. The number of amides is 2. The van der Waals surface area contributed by atoms with E-state index in [4.69, 9.17) is 0 Å². The molecular formula is C20H26N2O2Si. The zero-order chi connectivity index (χ0) is 18.4. The fraction of sp³-hybridized carbons (Fsp3) is 0.300. The second-order valence-corrected chi connectivity index (χ2v) is 10.7. The Morgan fingerprint density at radius 2 is 1.16 bits per heavy atom. The zero-order valence-electron chi connectivity index (χ0n) is 15.4. The first-order valence-electron chi connectivity index (χ1n) is 8.58. The van der Waals surface area contributed by atoms with Crippen molar-refractivity contribution in [2.24, 2.45) is 0 Å². The van der Waals surface area contributed by atoms with E-state index in [0.717, 1.165) is 12.5 Å². The van der Waals surface area contributed by atoms with Crippen molar-refractivity contribution in [1.82, 2.24) is 9.13 Å². The highest BCUT2D eigenvalue weighted by molar-refractivity contribution is 6.77. The number of carbonyl (C=O) groups is 2. The maximum Gasteiger partial charge on any atom is 0.265 e. The lowest BCUT2D eigenvalue weighted by atomic mass is 10.2. The summed E-state index contributed by atoms with van der Waals surface area (Å²) in [6, 6.07) is 19.3. The minimum atomic E-state index is -2.48. The van der Waals surface area contributed by atoms with E-state index in [1.807, 2.05) is 83.9 Å². The van der Waals surface area contributed by atoms with Gasteiger partial charge in [0.25, 0.3) is 8.40 Å². The number of benzene rings is 2. The van der Waals surface area contributed by atoms with Crippen molar-refractivity contribution in [2.75, 3.05) is 14.1 Å². The molecule has 4 nitrogen and oxygen atoms in total. The zero-order valence-corrected chi connectivity index (χ0v) is 16.4. The topological polar surface area (TPSA) is 40.6 Å². The molecule has 0 saturated heterocycles. The van der Waals surface area contributed by atoms with Crippen LogP contribution in [-0.2, 0) is 0 Å². The van der Waals surface area contributed by atoms with Gasteiger partial charge in [-0.2, -0.15) is 0 Å². The molecule has 0 bridgehead atoms. The highest BCUT2D eigenvalue weighted by Gasteiger charge is 2.42. The van der Waals surface area contributed by atoms with Crippen LogP contribution in [-0.4, -0.2) is 43.4 Å². The molecule has 0 aliphatic rings. The lowest BCUT2D eigenvalue weighted by Crippen LogP contribution is -2.64. The number of carbonyl (C=O) groups excluding carboxylic acids is 2. The van der Waals surface area contributed by atoms with E-state index in [-0.39, 0.29) is 11.8 Å². The molecule has 0 aliphatic heterocycles. The van der Waals surface area contributed by atoms with Gasteiger partial charge in [0.2, 0.25) is 11.8 Å². The van der Waals surface area contributed by atoms with Crippen molar-refractivity contribution in [3.05, 3.63) is 71.8 Å². The standard InChI is InChI=1S/C20H26N2O2Si/c1-5-16-25(4,21(2)19(23)17-12-8-6-9-13-17)22(3)20(24)18-14-10-7-11-15-18/h6-15H,5,16H2,1-4H3. The van der Waals surface area contributed by atoms with Crippen LogP contribution in [0.1, 0.15) is 34.1 Å². The lowest BCUT2D eigenvalue weighted by Gasteiger charge is -2.43. The summed E-state index contributed by atoms with van der Waals surface area (Å²) in [6.45, 7) is 4.17. The predicted octanol–water partition coefficient (Wildman–Crippen LogP) is 4.01. The van der Waals surface area contributed by atoms with Crippen LogP contribution in [0.25, 0.3) is 0 Å². The number of hydrogen-bond acceptors (Lipinski definition) is 2. The highest BCUT2D eigenvalue weighted by Crippen LogP contribution is 2.24. The molecule has 2 aromatic carbocycles. The van der Waals surface area contributed by atoms with Gasteiger partial charge in [-0.15, -0.1) is 0 Å². The third kappa shape index (κ3) is 3.99. The molecule has 0 radical (unpaired) electrons. The summed E-state index contributed by atoms with van der Waals surface area (Å²) in [4.78, 5) is 25.9. The average molecular weight is 355 g/mol. The van der Waals surface area contributed by atoms with Gasteiger partial charge in [0.15, 0.2) is 0 Å². The average Bonchev–Trinajstić information content (AvgIpc) is 2.67. The molecule has 2 rings (SSSR count). The van der Waals surface area contributed by atoms with Gasteiger partial charge in [0.05, 0.1) is 0 Å². The van der Waals surface area contributed by atoms with Gasteiger partial charge >= 0.3 is 0 Å². The van der Waals surface area contributed by atoms with Crippen LogP contribution in [0.2, 0.25) is 12.6 Å². The fourth-order valence-corrected chi connectivity index (χ4v) is 6.22. The van der Waals surface area contributed by atoms with Crippen molar-refractivity contribution < 1.29 is 9.59 Å². The monoisotopic (exact) mass is 354 g/mol. The SMILES string of the molecule is CCC[Si](C)(N(C)C(=O)c1ccccc1)N(C)C(=O)c1ccccc1. The van der Waals surface area contributed by atoms with Crippen molar-refractivity contribution >= 4 is 20.2 Å². The van der Waals surface area contributed by atoms with E-state index in [2.05, 4.69) is 13.5 Å². The third-order valence-electron chi connectivity index (χ3n) is 4.82. The quantitative estimate of drug-likeness (QED) is 0.735. The van der Waals surface area contributed by atoms with Crippen LogP contribution in [0.4, 0.5) is 0 Å². The molecule has 0 aromatic heterocycles. The Balaban J connectivity index is 2.33. The first kappa shape index (κ1) is 18.9. The second kappa shape index (κ2) is 8.12. The van der Waals surface area contributed by atoms with Crippen molar-refractivity contribution in [2.45, 2.75) is 25.9 Å². The van der Waals surface area contributed by atoms with Crippen LogP contribution in [0.15, 0.2) is 60.7 Å². The second-order valence-electron chi connectivity index (χ2n) is 6.43. The molecule has 0 atom stereocenters. The van der Waals surface area contributed by atoms with E-state index >= 15 is 0 Å². The molecule has 0 saturated carbocycles. The van der Waals surface area contributed by atoms with Crippen LogP contribution in [0.5, 0.6) is 0 Å². The summed E-state index contributed by atoms with van der Waals surface area (Å²) in [7, 11) is 1.17. The first-order chi connectivity index (χ1) is 11.9. The van der Waals surface area contributed by atoms with Gasteiger partial charge in [-0.3, -0.25) is 9.59 Å². The van der Waals surface area contributed by atoms with Gasteiger partial charge in [-0.05, 0) is 36.9 Å². The van der Waals surface area contributed by atoms with Crippen LogP contribution >= 0.6 is 0 Å². The summed E-state index contributed by atoms with van der Waals surface area (Å²) in [5, 5.41) is 0. The molecule has 132 valence electrons. The maximum atomic E-state index is 13.0. The molecule has 0 spiro atoms. The van der Waals surface area contributed by atoms with Gasteiger partial charge in [-0.25, -0.2) is 0 Å². The summed E-state index contributed by atoms with van der Waals surface area (Å²) >= 11 is 0. The molecule has 2 amide bonds. The van der Waals surface area contributed by atoms with E-state index < -0.39 is 8.40 Å². The normalized spacial score (nSPS) is 11.0. The molecule has 0 N–H and O–H groups in total. The Kier molecular flexibility index (Phi) is 6.15. The van der Waals surface area contributed by atoms with Gasteiger partial charge in [0, 0.05) is 25.2 Å². The van der Waals surface area contributed by atoms with E-state index in [1.54, 1.807) is 0 Å². The molecule has 0 aliphatic carbocycles. The van der Waals surface area contributed by atoms with Crippen molar-refractivity contribution in [1.29, 1.82) is 0 Å². The lowest BCUT2D eigenvalue weighted by molar-refractivity contribution is 0.0822. The summed E-state index contributed by atoms with van der Waals surface area (Å²) in [5.74, 6) is -0.0631. The van der Waals surface area contributed by atoms with Crippen LogP contribution < -0.4 is 0 Å². The summed E-state index contributed by atoms with van der Waals surface area (Å²) in [5.41, 5.74) is 1.31. The Bertz CT molecular complexity index is 661. The Morgan fingerprint density at radius 1 is 0.800 bits per heavy atom. The molecule has 25 heavy (non-hydrogen) atoms. The van der Waals surface area contributed by atoms with Crippen molar-refractivity contribution in [3.63, 3.8) is 0 Å². The predicted molar refractivity (Wildman–Crippen MR) is 104 cm³/mol. The van der Waals surface area contributed by atoms with Gasteiger partial charge in [0.1, 0.15) is 0 Å². The third-order valence-corrected chi connectivity index (χ3v) is 9.56. The molecule has 2 aromatic rings. The molecule has 0 heterocycles. The number of nitrogens with zero attached hydrogens (tertiary/aromatic N) is 2. The largest absolute Gasteiger partial charge is 0.350 e. The highest BCUT2D eigenvalue weighted by atomic mass is 28.3. The minimum Gasteiger partial charge on any atom is -0.350 e. The maximum absolute atomic E-state index is 13.0. The summed E-state index contributed by atoms with van der Waals surface area (Å²) < 4.78 is 3.62. The smallest absolute Gasteiger partial charge is 0.265 e. The summed E-state index contributed by atoms with van der Waals surface area (Å²) in [6.07, 6.45) is 0.918. The number of rotatable bonds is 6. The molecule has 0 fully saturated rings. The number of hydrogen-bond donors (Lipinski definition) is 0. The Morgan fingerprint density at radius 3 is 1.48 bits per heavy atom. The van der Waals surface area contributed by atoms with Gasteiger partial charge < -0.3 is 9.13 Å². The Labute approximate surface area is 151 Å². The van der Waals surface area contributed by atoms with E-state index in [1.165, 1.54) is 0 Å². The first-order valence-corrected chi connectivity index (χ1v) is 11.2. The molecule has 5 heteroatoms.